The molecule has 92 valence electrons. The molecule has 1 N–H and O–H groups in total. The van der Waals surface area contributed by atoms with Gasteiger partial charge in [-0.2, -0.15) is 0 Å². The zero-order chi connectivity index (χ0) is 12.8. The first-order valence-corrected chi connectivity index (χ1v) is 6.09. The van der Waals surface area contributed by atoms with E-state index in [2.05, 4.69) is 21.2 Å². The smallest absolute Gasteiger partial charge is 0.251 e. The number of hydrogen-bond acceptors (Lipinski definition) is 2. The van der Waals surface area contributed by atoms with Crippen molar-refractivity contribution in [1.82, 2.24) is 5.32 Å². The van der Waals surface area contributed by atoms with Crippen LogP contribution in [0.4, 0.5) is 0 Å². The molecule has 0 saturated heterocycles. The first kappa shape index (κ1) is 13.8. The number of nitrogens with one attached hydrogen (secondary N) is 1. The summed E-state index contributed by atoms with van der Waals surface area (Å²) in [5.41, 5.74) is 1.79. The second-order valence-electron chi connectivity index (χ2n) is 3.84. The summed E-state index contributed by atoms with van der Waals surface area (Å²) in [4.78, 5) is 11.8. The topological polar surface area (TPSA) is 38.3 Å². The van der Waals surface area contributed by atoms with Gasteiger partial charge in [0.15, 0.2) is 0 Å². The zero-order valence-electron chi connectivity index (χ0n) is 10.2. The van der Waals surface area contributed by atoms with Gasteiger partial charge in [-0.15, -0.1) is 0 Å². The highest BCUT2D eigenvalue weighted by Crippen LogP contribution is 2.25. The standard InChI is InChI=1S/C13H16BrNO2/c1-9(2)6-7-15-13(16)10-4-5-12(17-3)11(14)8-10/h4-6,8H,7H2,1-3H3,(H,15,16). The molecule has 1 aromatic carbocycles. The lowest BCUT2D eigenvalue weighted by atomic mass is 10.2. The molecule has 0 saturated carbocycles. The lowest BCUT2D eigenvalue weighted by Crippen LogP contribution is -2.23. The van der Waals surface area contributed by atoms with Crippen LogP contribution in [0.3, 0.4) is 0 Å². The third-order valence-corrected chi connectivity index (χ3v) is 2.81. The lowest BCUT2D eigenvalue weighted by Gasteiger charge is -2.06. The Kier molecular flexibility index (Phi) is 5.22. The number of allylic oxidation sites excluding steroid dienone is 1. The molecular formula is C13H16BrNO2. The van der Waals surface area contributed by atoms with E-state index in [-0.39, 0.29) is 5.91 Å². The van der Waals surface area contributed by atoms with E-state index >= 15 is 0 Å². The van der Waals surface area contributed by atoms with Crippen LogP contribution in [0.5, 0.6) is 5.75 Å². The van der Waals surface area contributed by atoms with Crippen molar-refractivity contribution in [1.29, 1.82) is 0 Å². The summed E-state index contributed by atoms with van der Waals surface area (Å²) in [6, 6.07) is 5.25. The molecule has 0 fully saturated rings. The number of ether oxygens (including phenoxy) is 1. The first-order valence-electron chi connectivity index (χ1n) is 5.29. The van der Waals surface area contributed by atoms with Crippen molar-refractivity contribution >= 4 is 21.8 Å². The Morgan fingerprint density at radius 3 is 2.71 bits per heavy atom. The summed E-state index contributed by atoms with van der Waals surface area (Å²) < 4.78 is 5.88. The molecule has 0 aliphatic rings. The molecule has 1 aromatic rings. The quantitative estimate of drug-likeness (QED) is 0.867. The normalized spacial score (nSPS) is 9.65. The second-order valence-corrected chi connectivity index (χ2v) is 4.70. The van der Waals surface area contributed by atoms with Gasteiger partial charge in [-0.3, -0.25) is 4.79 Å². The van der Waals surface area contributed by atoms with E-state index in [0.717, 1.165) is 4.47 Å². The van der Waals surface area contributed by atoms with Gasteiger partial charge in [-0.25, -0.2) is 0 Å². The van der Waals surface area contributed by atoms with Gasteiger partial charge >= 0.3 is 0 Å². The molecule has 0 atom stereocenters. The van der Waals surface area contributed by atoms with Crippen LogP contribution < -0.4 is 10.1 Å². The number of carbonyl (C=O) groups excluding carboxylic acids is 1. The predicted octanol–water partition coefficient (Wildman–Crippen LogP) is 3.15. The Balaban J connectivity index is 2.70. The Morgan fingerprint density at radius 2 is 2.18 bits per heavy atom. The number of amides is 1. The molecular weight excluding hydrogens is 282 g/mol. The Labute approximate surface area is 110 Å². The van der Waals surface area contributed by atoms with Crippen molar-refractivity contribution in [2.75, 3.05) is 13.7 Å². The zero-order valence-corrected chi connectivity index (χ0v) is 11.8. The number of hydrogen-bond donors (Lipinski definition) is 1. The highest BCUT2D eigenvalue weighted by Gasteiger charge is 2.07. The largest absolute Gasteiger partial charge is 0.496 e. The summed E-state index contributed by atoms with van der Waals surface area (Å²) in [5, 5.41) is 2.82. The van der Waals surface area contributed by atoms with E-state index in [9.17, 15) is 4.79 Å². The molecule has 17 heavy (non-hydrogen) atoms. The van der Waals surface area contributed by atoms with Gasteiger partial charge in [-0.1, -0.05) is 11.6 Å². The summed E-state index contributed by atoms with van der Waals surface area (Å²) in [6.45, 7) is 4.54. The van der Waals surface area contributed by atoms with Gasteiger partial charge in [0.2, 0.25) is 0 Å². The SMILES string of the molecule is COc1ccc(C(=O)NCC=C(C)C)cc1Br. The summed E-state index contributed by atoms with van der Waals surface area (Å²) in [6.07, 6.45) is 1.97. The molecule has 0 aromatic heterocycles. The average molecular weight is 298 g/mol. The monoisotopic (exact) mass is 297 g/mol. The second kappa shape index (κ2) is 6.45. The fourth-order valence-corrected chi connectivity index (χ4v) is 1.80. The van der Waals surface area contributed by atoms with Crippen molar-refractivity contribution in [2.45, 2.75) is 13.8 Å². The lowest BCUT2D eigenvalue weighted by molar-refractivity contribution is 0.0958. The summed E-state index contributed by atoms with van der Waals surface area (Å²) in [7, 11) is 1.59. The number of rotatable bonds is 4. The fraction of sp³-hybridized carbons (Fsp3) is 0.308. The molecule has 3 nitrogen and oxygen atoms in total. The molecule has 0 aliphatic carbocycles. The van der Waals surface area contributed by atoms with Gasteiger partial charge in [0.25, 0.3) is 5.91 Å². The van der Waals surface area contributed by atoms with Crippen LogP contribution in [-0.2, 0) is 0 Å². The molecule has 0 unspecified atom stereocenters. The van der Waals surface area contributed by atoms with Gasteiger partial charge in [0.05, 0.1) is 11.6 Å². The van der Waals surface area contributed by atoms with E-state index in [1.165, 1.54) is 5.57 Å². The molecule has 1 rings (SSSR count). The predicted molar refractivity (Wildman–Crippen MR) is 72.5 cm³/mol. The molecule has 0 heterocycles. The molecule has 0 radical (unpaired) electrons. The maximum atomic E-state index is 11.8. The van der Waals surface area contributed by atoms with Gasteiger partial charge < -0.3 is 10.1 Å². The fourth-order valence-electron chi connectivity index (χ4n) is 1.26. The van der Waals surface area contributed by atoms with Crippen molar-refractivity contribution in [2.24, 2.45) is 0 Å². The highest BCUT2D eigenvalue weighted by molar-refractivity contribution is 9.10. The Hall–Kier alpha value is -1.29. The van der Waals surface area contributed by atoms with E-state index in [1.807, 2.05) is 19.9 Å². The number of benzene rings is 1. The van der Waals surface area contributed by atoms with Crippen LogP contribution in [0.15, 0.2) is 34.3 Å². The minimum atomic E-state index is -0.0918. The van der Waals surface area contributed by atoms with E-state index < -0.39 is 0 Å². The third-order valence-electron chi connectivity index (χ3n) is 2.19. The molecule has 1 amide bonds. The highest BCUT2D eigenvalue weighted by atomic mass is 79.9. The van der Waals surface area contributed by atoms with Crippen LogP contribution in [0, 0.1) is 0 Å². The van der Waals surface area contributed by atoms with E-state index in [1.54, 1.807) is 25.3 Å². The number of halogens is 1. The van der Waals surface area contributed by atoms with Crippen LogP contribution in [0.2, 0.25) is 0 Å². The minimum Gasteiger partial charge on any atom is -0.496 e. The van der Waals surface area contributed by atoms with Crippen molar-refractivity contribution in [3.8, 4) is 5.75 Å². The van der Waals surface area contributed by atoms with E-state index in [4.69, 9.17) is 4.74 Å². The summed E-state index contributed by atoms with van der Waals surface area (Å²) in [5.74, 6) is 0.622. The summed E-state index contributed by atoms with van der Waals surface area (Å²) >= 11 is 3.35. The first-order chi connectivity index (χ1) is 8.04. The molecule has 0 bridgehead atoms. The number of carbonyl (C=O) groups is 1. The van der Waals surface area contributed by atoms with Crippen LogP contribution >= 0.6 is 15.9 Å². The van der Waals surface area contributed by atoms with E-state index in [0.29, 0.717) is 17.9 Å². The Bertz CT molecular complexity index is 437. The number of methoxy groups -OCH3 is 1. The van der Waals surface area contributed by atoms with Crippen molar-refractivity contribution < 1.29 is 9.53 Å². The molecule has 0 spiro atoms. The Morgan fingerprint density at radius 1 is 1.47 bits per heavy atom. The molecule has 0 aliphatic heterocycles. The van der Waals surface area contributed by atoms with Crippen LogP contribution in [0.1, 0.15) is 24.2 Å². The van der Waals surface area contributed by atoms with Gasteiger partial charge in [0.1, 0.15) is 5.75 Å². The minimum absolute atomic E-state index is 0.0918. The van der Waals surface area contributed by atoms with Crippen molar-refractivity contribution in [3.05, 3.63) is 39.9 Å². The van der Waals surface area contributed by atoms with Gasteiger partial charge in [-0.05, 0) is 48.0 Å². The third kappa shape index (κ3) is 4.23. The van der Waals surface area contributed by atoms with Crippen LogP contribution in [0.25, 0.3) is 0 Å². The maximum absolute atomic E-state index is 11.8. The van der Waals surface area contributed by atoms with Gasteiger partial charge in [0, 0.05) is 12.1 Å². The van der Waals surface area contributed by atoms with Crippen molar-refractivity contribution in [3.63, 3.8) is 0 Å². The molecule has 4 heteroatoms. The van der Waals surface area contributed by atoms with Crippen LogP contribution in [-0.4, -0.2) is 19.6 Å². The maximum Gasteiger partial charge on any atom is 0.251 e. The average Bonchev–Trinajstić information content (AvgIpc) is 2.28.